The van der Waals surface area contributed by atoms with Crippen LogP contribution in [0.25, 0.3) is 0 Å². The van der Waals surface area contributed by atoms with E-state index in [9.17, 15) is 8.42 Å². The minimum atomic E-state index is -3.36. The fraction of sp³-hybridized carbons (Fsp3) is 1.00. The molecule has 1 rings (SSSR count). The third-order valence-electron chi connectivity index (χ3n) is 4.58. The van der Waals surface area contributed by atoms with Crippen molar-refractivity contribution >= 4 is 22.6 Å². The molecular formula is C16H36ClN3O2S. The van der Waals surface area contributed by atoms with Gasteiger partial charge in [-0.2, -0.15) is 17.0 Å². The van der Waals surface area contributed by atoms with Gasteiger partial charge in [0.05, 0.1) is 0 Å². The monoisotopic (exact) mass is 369 g/mol. The van der Waals surface area contributed by atoms with Crippen molar-refractivity contribution in [2.75, 3.05) is 32.7 Å². The molecule has 1 saturated heterocycles. The van der Waals surface area contributed by atoms with Gasteiger partial charge in [-0.15, -0.1) is 12.4 Å². The van der Waals surface area contributed by atoms with Gasteiger partial charge >= 0.3 is 0 Å². The fourth-order valence-corrected chi connectivity index (χ4v) is 4.45. The molecule has 1 atom stereocenters. The van der Waals surface area contributed by atoms with Gasteiger partial charge in [-0.3, -0.25) is 0 Å². The quantitative estimate of drug-likeness (QED) is 0.679. The van der Waals surface area contributed by atoms with Crippen LogP contribution in [0.2, 0.25) is 0 Å². The first kappa shape index (κ1) is 23.1. The first-order valence-electron chi connectivity index (χ1n) is 8.56. The summed E-state index contributed by atoms with van der Waals surface area (Å²) < 4.78 is 29.3. The molecule has 1 unspecified atom stereocenters. The molecule has 0 aromatic carbocycles. The summed E-state index contributed by atoms with van der Waals surface area (Å²) in [5, 5.41) is 0. The van der Waals surface area contributed by atoms with Crippen LogP contribution in [0.15, 0.2) is 0 Å². The summed E-state index contributed by atoms with van der Waals surface area (Å²) in [5.41, 5.74) is 5.74. The predicted molar refractivity (Wildman–Crippen MR) is 100 cm³/mol. The van der Waals surface area contributed by atoms with E-state index in [0.717, 1.165) is 19.3 Å². The summed E-state index contributed by atoms with van der Waals surface area (Å²) in [4.78, 5) is 0. The zero-order chi connectivity index (χ0) is 17.0. The van der Waals surface area contributed by atoms with E-state index in [-0.39, 0.29) is 17.8 Å². The molecule has 7 heteroatoms. The van der Waals surface area contributed by atoms with Gasteiger partial charge in [0.15, 0.2) is 0 Å². The van der Waals surface area contributed by atoms with Gasteiger partial charge < -0.3 is 5.73 Å². The molecule has 0 bridgehead atoms. The summed E-state index contributed by atoms with van der Waals surface area (Å²) in [5.74, 6) is 1.01. The van der Waals surface area contributed by atoms with E-state index in [4.69, 9.17) is 5.73 Å². The van der Waals surface area contributed by atoms with Gasteiger partial charge in [0.2, 0.25) is 0 Å². The molecule has 0 spiro atoms. The number of nitrogens with two attached hydrogens (primary N) is 1. The maximum absolute atomic E-state index is 13.0. The second-order valence-electron chi connectivity index (χ2n) is 7.87. The lowest BCUT2D eigenvalue weighted by Gasteiger charge is -2.29. The molecule has 140 valence electrons. The number of nitrogens with zero attached hydrogens (tertiary/aromatic N) is 2. The van der Waals surface area contributed by atoms with Gasteiger partial charge in [0.1, 0.15) is 0 Å². The molecule has 1 aliphatic rings. The summed E-state index contributed by atoms with van der Waals surface area (Å²) in [6.45, 7) is 13.5. The van der Waals surface area contributed by atoms with Crippen LogP contribution in [-0.2, 0) is 10.2 Å². The van der Waals surface area contributed by atoms with Gasteiger partial charge in [-0.05, 0) is 43.1 Å². The smallest absolute Gasteiger partial charge is 0.281 e. The lowest BCUT2D eigenvalue weighted by Crippen LogP contribution is -2.45. The van der Waals surface area contributed by atoms with E-state index in [1.807, 2.05) is 0 Å². The minimum Gasteiger partial charge on any atom is -0.330 e. The molecule has 0 aliphatic carbocycles. The molecular weight excluding hydrogens is 334 g/mol. The standard InChI is InChI=1S/C16H35N3O2S.ClH/c1-14(2)6-9-18(10-7-15(3)4)22(20,21)19-11-8-16(5,12-17)13-19;/h14-15H,6-13,17H2,1-5H3;1H. The zero-order valence-electron chi connectivity index (χ0n) is 15.4. The molecule has 1 heterocycles. The zero-order valence-corrected chi connectivity index (χ0v) is 17.0. The predicted octanol–water partition coefficient (Wildman–Crippen LogP) is 2.72. The minimum absolute atomic E-state index is 0. The SMILES string of the molecule is CC(C)CCN(CCC(C)C)S(=O)(=O)N1CCC(C)(CN)C1.Cl. The molecule has 23 heavy (non-hydrogen) atoms. The van der Waals surface area contributed by atoms with Gasteiger partial charge in [-0.1, -0.05) is 34.6 Å². The maximum Gasteiger partial charge on any atom is 0.281 e. The molecule has 0 aromatic heterocycles. The van der Waals surface area contributed by atoms with Crippen LogP contribution in [0.1, 0.15) is 53.9 Å². The number of hydrogen-bond donors (Lipinski definition) is 1. The largest absolute Gasteiger partial charge is 0.330 e. The summed E-state index contributed by atoms with van der Waals surface area (Å²) >= 11 is 0. The second-order valence-corrected chi connectivity index (χ2v) is 9.80. The van der Waals surface area contributed by atoms with Crippen molar-refractivity contribution in [3.63, 3.8) is 0 Å². The molecule has 0 radical (unpaired) electrons. The van der Waals surface area contributed by atoms with E-state index >= 15 is 0 Å². The average molecular weight is 370 g/mol. The Labute approximate surface area is 149 Å². The van der Waals surface area contributed by atoms with Crippen molar-refractivity contribution < 1.29 is 8.42 Å². The van der Waals surface area contributed by atoms with Crippen molar-refractivity contribution in [2.24, 2.45) is 23.0 Å². The van der Waals surface area contributed by atoms with Crippen molar-refractivity contribution in [3.8, 4) is 0 Å². The Balaban J connectivity index is 0.00000484. The summed E-state index contributed by atoms with van der Waals surface area (Å²) in [7, 11) is -3.36. The van der Waals surface area contributed by atoms with Crippen LogP contribution in [0, 0.1) is 17.3 Å². The molecule has 2 N–H and O–H groups in total. The molecule has 0 aromatic rings. The highest BCUT2D eigenvalue weighted by Gasteiger charge is 2.40. The average Bonchev–Trinajstić information content (AvgIpc) is 2.82. The van der Waals surface area contributed by atoms with Crippen molar-refractivity contribution in [2.45, 2.75) is 53.9 Å². The third-order valence-corrected chi connectivity index (χ3v) is 6.56. The Bertz CT molecular complexity index is 431. The maximum atomic E-state index is 13.0. The second kappa shape index (κ2) is 9.56. The number of halogens is 1. The first-order valence-corrected chi connectivity index (χ1v) is 9.96. The summed E-state index contributed by atoms with van der Waals surface area (Å²) in [6.07, 6.45) is 2.66. The van der Waals surface area contributed by atoms with Gasteiger partial charge in [-0.25, -0.2) is 0 Å². The third kappa shape index (κ3) is 6.86. The van der Waals surface area contributed by atoms with E-state index < -0.39 is 10.2 Å². The highest BCUT2D eigenvalue weighted by atomic mass is 35.5. The van der Waals surface area contributed by atoms with E-state index in [1.54, 1.807) is 8.61 Å². The fourth-order valence-electron chi connectivity index (χ4n) is 2.65. The molecule has 5 nitrogen and oxygen atoms in total. The Morgan fingerprint density at radius 2 is 1.61 bits per heavy atom. The Kier molecular flexibility index (Phi) is 9.61. The lowest BCUT2D eigenvalue weighted by atomic mass is 9.90. The van der Waals surface area contributed by atoms with Crippen molar-refractivity contribution in [1.82, 2.24) is 8.61 Å². The van der Waals surface area contributed by atoms with Crippen LogP contribution in [0.3, 0.4) is 0 Å². The van der Waals surface area contributed by atoms with Crippen LogP contribution >= 0.6 is 12.4 Å². The van der Waals surface area contributed by atoms with E-state index in [2.05, 4.69) is 34.6 Å². The van der Waals surface area contributed by atoms with E-state index in [0.29, 0.717) is 44.6 Å². The highest BCUT2D eigenvalue weighted by molar-refractivity contribution is 7.86. The topological polar surface area (TPSA) is 66.6 Å². The first-order chi connectivity index (χ1) is 10.1. The molecule has 0 saturated carbocycles. The van der Waals surface area contributed by atoms with E-state index in [1.165, 1.54) is 0 Å². The Hall–Kier alpha value is 0.120. The number of hydrogen-bond acceptors (Lipinski definition) is 3. The van der Waals surface area contributed by atoms with Crippen molar-refractivity contribution in [3.05, 3.63) is 0 Å². The Morgan fingerprint density at radius 1 is 1.13 bits per heavy atom. The molecule has 1 aliphatic heterocycles. The van der Waals surface area contributed by atoms with Crippen molar-refractivity contribution in [1.29, 1.82) is 0 Å². The lowest BCUT2D eigenvalue weighted by molar-refractivity contribution is 0.308. The van der Waals surface area contributed by atoms with Crippen LogP contribution in [0.5, 0.6) is 0 Å². The van der Waals surface area contributed by atoms with Crippen LogP contribution in [-0.4, -0.2) is 49.8 Å². The number of rotatable bonds is 9. The van der Waals surface area contributed by atoms with Crippen LogP contribution in [0.4, 0.5) is 0 Å². The van der Waals surface area contributed by atoms with Gasteiger partial charge in [0.25, 0.3) is 10.2 Å². The van der Waals surface area contributed by atoms with Gasteiger partial charge in [0, 0.05) is 26.2 Å². The Morgan fingerprint density at radius 3 is 1.96 bits per heavy atom. The molecule has 1 fully saturated rings. The normalized spacial score (nSPS) is 23.0. The molecule has 0 amide bonds. The highest BCUT2D eigenvalue weighted by Crippen LogP contribution is 2.31. The van der Waals surface area contributed by atoms with Crippen LogP contribution < -0.4 is 5.73 Å². The summed E-state index contributed by atoms with van der Waals surface area (Å²) in [6, 6.07) is 0.